The number of amides is 3. The molecule has 1 aliphatic rings. The Labute approximate surface area is 137 Å². The van der Waals surface area contributed by atoms with Crippen LogP contribution in [-0.2, 0) is 11.0 Å². The first kappa shape index (κ1) is 16.5. The van der Waals surface area contributed by atoms with Crippen molar-refractivity contribution in [3.63, 3.8) is 0 Å². The Balaban J connectivity index is 2.58. The minimum Gasteiger partial charge on any atom is -0.271 e. The third-order valence-electron chi connectivity index (χ3n) is 3.26. The van der Waals surface area contributed by atoms with E-state index in [-0.39, 0.29) is 5.69 Å². The Morgan fingerprint density at radius 1 is 1.27 bits per heavy atom. The van der Waals surface area contributed by atoms with Crippen LogP contribution in [-0.4, -0.2) is 20.6 Å². The SMILES string of the molecule is CC1(C)C(=O)N(c2ccc(C#N)c(C(F)(F)F)c2)C(=O)N1I. The molecule has 0 unspecified atom stereocenters. The monoisotopic (exact) mass is 423 g/mol. The fourth-order valence-electron chi connectivity index (χ4n) is 2.00. The third kappa shape index (κ3) is 2.41. The Hall–Kier alpha value is -1.83. The number of nitriles is 1. The number of urea groups is 1. The summed E-state index contributed by atoms with van der Waals surface area (Å²) in [6, 6.07) is 3.45. The van der Waals surface area contributed by atoms with Crippen LogP contribution in [0, 0.1) is 11.3 Å². The van der Waals surface area contributed by atoms with Gasteiger partial charge in [0.2, 0.25) is 0 Å². The summed E-state index contributed by atoms with van der Waals surface area (Å²) in [6.45, 7) is 2.99. The number of imide groups is 1. The highest BCUT2D eigenvalue weighted by Crippen LogP contribution is 2.38. The predicted molar refractivity (Wildman–Crippen MR) is 79.0 cm³/mol. The second-order valence-corrected chi connectivity index (χ2v) is 6.07. The number of carbonyl (C=O) groups is 2. The standard InChI is InChI=1S/C13H9F3IN3O2/c1-12(2)10(21)19(11(22)20(12)17)8-4-3-7(6-18)9(5-8)13(14,15)16/h3-5H,1-2H3. The van der Waals surface area contributed by atoms with Crippen molar-refractivity contribution in [2.24, 2.45) is 0 Å². The van der Waals surface area contributed by atoms with Gasteiger partial charge in [-0.15, -0.1) is 0 Å². The third-order valence-corrected chi connectivity index (χ3v) is 4.88. The highest BCUT2D eigenvalue weighted by atomic mass is 127. The molecular formula is C13H9F3IN3O2. The second-order valence-electron chi connectivity index (χ2n) is 5.10. The van der Waals surface area contributed by atoms with Gasteiger partial charge in [0.25, 0.3) is 5.91 Å². The summed E-state index contributed by atoms with van der Waals surface area (Å²) in [5.41, 5.74) is -3.13. The smallest absolute Gasteiger partial charge is 0.271 e. The lowest BCUT2D eigenvalue weighted by molar-refractivity contribution is -0.137. The van der Waals surface area contributed by atoms with Crippen molar-refractivity contribution in [1.82, 2.24) is 3.11 Å². The number of hydrogen-bond donors (Lipinski definition) is 0. The van der Waals surface area contributed by atoms with E-state index in [9.17, 15) is 22.8 Å². The summed E-state index contributed by atoms with van der Waals surface area (Å²) in [7, 11) is 0. The first-order chi connectivity index (χ1) is 10.0. The van der Waals surface area contributed by atoms with E-state index in [2.05, 4.69) is 0 Å². The van der Waals surface area contributed by atoms with Gasteiger partial charge in [0, 0.05) is 0 Å². The maximum absolute atomic E-state index is 13.0. The lowest BCUT2D eigenvalue weighted by Gasteiger charge is -2.20. The average Bonchev–Trinajstić information content (AvgIpc) is 2.58. The van der Waals surface area contributed by atoms with Crippen molar-refractivity contribution < 1.29 is 22.8 Å². The Morgan fingerprint density at radius 3 is 2.27 bits per heavy atom. The molecule has 0 aliphatic carbocycles. The zero-order valence-electron chi connectivity index (χ0n) is 11.4. The van der Waals surface area contributed by atoms with Gasteiger partial charge in [0.05, 0.1) is 45.7 Å². The summed E-state index contributed by atoms with van der Waals surface area (Å²) < 4.78 is 40.0. The van der Waals surface area contributed by atoms with Crippen LogP contribution in [0.4, 0.5) is 23.7 Å². The van der Waals surface area contributed by atoms with E-state index in [0.29, 0.717) is 11.0 Å². The van der Waals surface area contributed by atoms with Crippen molar-refractivity contribution in [2.75, 3.05) is 4.90 Å². The van der Waals surface area contributed by atoms with E-state index in [0.717, 1.165) is 15.2 Å². The molecule has 0 aromatic heterocycles. The van der Waals surface area contributed by atoms with E-state index in [1.807, 2.05) is 0 Å². The number of rotatable bonds is 1. The Bertz CT molecular complexity index is 709. The van der Waals surface area contributed by atoms with Gasteiger partial charge in [-0.1, -0.05) is 0 Å². The lowest BCUT2D eigenvalue weighted by Crippen LogP contribution is -2.39. The molecule has 0 radical (unpaired) electrons. The fourth-order valence-corrected chi connectivity index (χ4v) is 2.42. The van der Waals surface area contributed by atoms with Crippen LogP contribution < -0.4 is 4.90 Å². The maximum atomic E-state index is 13.0. The topological polar surface area (TPSA) is 64.4 Å². The van der Waals surface area contributed by atoms with Gasteiger partial charge in [-0.25, -0.2) is 9.69 Å². The van der Waals surface area contributed by atoms with Gasteiger partial charge in [-0.05, 0) is 32.0 Å². The van der Waals surface area contributed by atoms with Crippen molar-refractivity contribution in [3.8, 4) is 6.07 Å². The average molecular weight is 423 g/mol. The van der Waals surface area contributed by atoms with E-state index >= 15 is 0 Å². The molecule has 1 saturated heterocycles. The zero-order valence-corrected chi connectivity index (χ0v) is 13.6. The number of hydrogen-bond acceptors (Lipinski definition) is 3. The van der Waals surface area contributed by atoms with Gasteiger partial charge < -0.3 is 0 Å². The van der Waals surface area contributed by atoms with Crippen molar-refractivity contribution in [2.45, 2.75) is 25.6 Å². The van der Waals surface area contributed by atoms with Crippen LogP contribution in [0.3, 0.4) is 0 Å². The summed E-state index contributed by atoms with van der Waals surface area (Å²) in [5, 5.41) is 8.76. The molecule has 116 valence electrons. The van der Waals surface area contributed by atoms with E-state index in [1.165, 1.54) is 19.9 Å². The summed E-state index contributed by atoms with van der Waals surface area (Å²) in [6.07, 6.45) is -4.76. The number of carbonyl (C=O) groups excluding carboxylic acids is 2. The van der Waals surface area contributed by atoms with Gasteiger partial charge in [0.1, 0.15) is 5.54 Å². The highest BCUT2D eigenvalue weighted by molar-refractivity contribution is 14.1. The molecule has 5 nitrogen and oxygen atoms in total. The molecule has 0 spiro atoms. The second kappa shape index (κ2) is 5.12. The van der Waals surface area contributed by atoms with Crippen LogP contribution in [0.25, 0.3) is 0 Å². The maximum Gasteiger partial charge on any atom is 0.417 e. The van der Waals surface area contributed by atoms with Crippen LogP contribution in [0.2, 0.25) is 0 Å². The molecule has 1 aliphatic heterocycles. The van der Waals surface area contributed by atoms with Gasteiger partial charge in [0.15, 0.2) is 0 Å². The number of nitrogens with zero attached hydrogens (tertiary/aromatic N) is 3. The molecule has 3 amide bonds. The molecule has 0 N–H and O–H groups in total. The summed E-state index contributed by atoms with van der Waals surface area (Å²) >= 11 is 1.64. The molecule has 22 heavy (non-hydrogen) atoms. The van der Waals surface area contributed by atoms with Crippen molar-refractivity contribution in [3.05, 3.63) is 29.3 Å². The lowest BCUT2D eigenvalue weighted by atomic mass is 10.0. The van der Waals surface area contributed by atoms with Gasteiger partial charge in [-0.2, -0.15) is 18.4 Å². The van der Waals surface area contributed by atoms with Gasteiger partial charge >= 0.3 is 12.2 Å². The normalized spacial score (nSPS) is 17.9. The zero-order chi connectivity index (χ0) is 16.9. The number of anilines is 1. The van der Waals surface area contributed by atoms with E-state index in [1.54, 1.807) is 22.9 Å². The minimum atomic E-state index is -4.76. The molecule has 1 aromatic carbocycles. The molecule has 1 heterocycles. The van der Waals surface area contributed by atoms with E-state index in [4.69, 9.17) is 5.26 Å². The number of benzene rings is 1. The van der Waals surface area contributed by atoms with Crippen LogP contribution in [0.15, 0.2) is 18.2 Å². The van der Waals surface area contributed by atoms with Crippen LogP contribution in [0.1, 0.15) is 25.0 Å². The van der Waals surface area contributed by atoms with Crippen molar-refractivity contribution >= 4 is 40.5 Å². The Kier molecular flexibility index (Phi) is 3.85. The molecular weight excluding hydrogens is 414 g/mol. The largest absolute Gasteiger partial charge is 0.417 e. The molecule has 0 atom stereocenters. The fraction of sp³-hybridized carbons (Fsp3) is 0.308. The van der Waals surface area contributed by atoms with Crippen LogP contribution in [0.5, 0.6) is 0 Å². The Morgan fingerprint density at radius 2 is 1.86 bits per heavy atom. The number of halogens is 4. The molecule has 0 saturated carbocycles. The quantitative estimate of drug-likeness (QED) is 0.395. The number of alkyl halides is 3. The van der Waals surface area contributed by atoms with E-state index < -0.39 is 34.8 Å². The molecule has 9 heteroatoms. The summed E-state index contributed by atoms with van der Waals surface area (Å²) in [5.74, 6) is -0.635. The summed E-state index contributed by atoms with van der Waals surface area (Å²) in [4.78, 5) is 25.1. The minimum absolute atomic E-state index is 0.214. The van der Waals surface area contributed by atoms with Gasteiger partial charge in [-0.3, -0.25) is 7.91 Å². The molecule has 1 aromatic rings. The highest BCUT2D eigenvalue weighted by Gasteiger charge is 2.51. The first-order valence-electron chi connectivity index (χ1n) is 5.97. The van der Waals surface area contributed by atoms with Crippen molar-refractivity contribution in [1.29, 1.82) is 5.26 Å². The molecule has 1 fully saturated rings. The molecule has 2 rings (SSSR count). The van der Waals surface area contributed by atoms with Crippen LogP contribution >= 0.6 is 22.9 Å². The first-order valence-corrected chi connectivity index (χ1v) is 6.94. The molecule has 0 bridgehead atoms. The predicted octanol–water partition coefficient (Wildman–Crippen LogP) is 3.47.